The third-order valence-electron chi connectivity index (χ3n) is 10.1. The smallest absolute Gasteiger partial charge is 0.335 e. The van der Waals surface area contributed by atoms with Crippen LogP contribution >= 0.6 is 11.6 Å². The highest BCUT2D eigenvalue weighted by atomic mass is 35.5. The summed E-state index contributed by atoms with van der Waals surface area (Å²) >= 11 is 6.36. The Kier molecular flexibility index (Phi) is 7.76. The van der Waals surface area contributed by atoms with Gasteiger partial charge in [0.2, 0.25) is 10.0 Å². The number of carbonyl (C=O) groups is 1. The minimum atomic E-state index is -3.45. The number of aliphatic hydroxyl groups is 1. The van der Waals surface area contributed by atoms with E-state index in [4.69, 9.17) is 21.5 Å². The van der Waals surface area contributed by atoms with Gasteiger partial charge in [-0.2, -0.15) is 0 Å². The number of primary sulfonamides is 1. The van der Waals surface area contributed by atoms with E-state index in [2.05, 4.69) is 17.0 Å². The van der Waals surface area contributed by atoms with Gasteiger partial charge in [0.05, 0.1) is 29.7 Å². The maximum atomic E-state index is 11.9. The quantitative estimate of drug-likeness (QED) is 0.382. The van der Waals surface area contributed by atoms with E-state index in [1.807, 2.05) is 6.07 Å². The number of hydrogen-bond donors (Lipinski definition) is 3. The molecule has 6 atom stereocenters. The van der Waals surface area contributed by atoms with Crippen LogP contribution in [0.25, 0.3) is 0 Å². The van der Waals surface area contributed by atoms with Crippen LogP contribution in [0.4, 0.5) is 5.69 Å². The first-order valence-corrected chi connectivity index (χ1v) is 16.8. The molecule has 2 aromatic carbocycles. The van der Waals surface area contributed by atoms with Crippen LogP contribution in [0.5, 0.6) is 5.75 Å². The monoisotopic (exact) mass is 602 g/mol. The first-order chi connectivity index (χ1) is 19.5. The van der Waals surface area contributed by atoms with Crippen molar-refractivity contribution in [3.05, 3.63) is 58.1 Å². The summed E-state index contributed by atoms with van der Waals surface area (Å²) in [7, 11) is -3.45. The number of ether oxygens (including phenoxy) is 1. The molecule has 1 aliphatic heterocycles. The summed E-state index contributed by atoms with van der Waals surface area (Å²) in [5.74, 6) is 0.733. The lowest BCUT2D eigenvalue weighted by atomic mass is 9.68. The Morgan fingerprint density at radius 2 is 2.00 bits per heavy atom. The van der Waals surface area contributed by atoms with E-state index in [-0.39, 0.29) is 34.5 Å². The van der Waals surface area contributed by atoms with Crippen LogP contribution < -0.4 is 14.8 Å². The molecule has 2 fully saturated rings. The fraction of sp³-hybridized carbons (Fsp3) is 0.581. The van der Waals surface area contributed by atoms with E-state index in [0.717, 1.165) is 55.7 Å². The van der Waals surface area contributed by atoms with Crippen LogP contribution in [-0.4, -0.2) is 56.2 Å². The summed E-state index contributed by atoms with van der Waals surface area (Å²) in [5.41, 5.74) is 3.30. The number of anilines is 1. The Bertz CT molecular complexity index is 1430. The Balaban J connectivity index is 1.23. The summed E-state index contributed by atoms with van der Waals surface area (Å²) < 4.78 is 29.0. The molecule has 1 heterocycles. The van der Waals surface area contributed by atoms with Crippen LogP contribution in [0.3, 0.4) is 0 Å². The van der Waals surface area contributed by atoms with Gasteiger partial charge >= 0.3 is 5.97 Å². The van der Waals surface area contributed by atoms with Gasteiger partial charge in [-0.1, -0.05) is 17.7 Å². The Hall–Kier alpha value is -2.33. The predicted octanol–water partition coefficient (Wildman–Crippen LogP) is 4.60. The van der Waals surface area contributed by atoms with Crippen molar-refractivity contribution < 1.29 is 28.2 Å². The van der Waals surface area contributed by atoms with Crippen molar-refractivity contribution in [2.24, 2.45) is 28.8 Å². The highest BCUT2D eigenvalue weighted by molar-refractivity contribution is 7.89. The first kappa shape index (κ1) is 28.8. The Labute approximate surface area is 246 Å². The Morgan fingerprint density at radius 1 is 1.17 bits per heavy atom. The SMILES string of the molecule is NS(=O)(=O)CCC[C@H]1C[C@@H]1[C@H](O)[C@@H]1CC[C@H]1CN1C[C@@]2(CCCc3cc(Cl)ccc32)COc2ccc(C(=O)O)cc21. The third-order valence-corrected chi connectivity index (χ3v) is 11.2. The van der Waals surface area contributed by atoms with Crippen molar-refractivity contribution >= 4 is 33.3 Å². The van der Waals surface area contributed by atoms with Gasteiger partial charge in [0, 0.05) is 23.5 Å². The number of benzene rings is 2. The minimum Gasteiger partial charge on any atom is -0.490 e. The number of nitrogens with two attached hydrogens (primary N) is 1. The number of hydrogen-bond acceptors (Lipinski definition) is 6. The zero-order valence-electron chi connectivity index (χ0n) is 23.2. The third kappa shape index (κ3) is 5.96. The number of nitrogens with zero attached hydrogens (tertiary/aromatic N) is 1. The molecule has 0 saturated heterocycles. The molecule has 3 aliphatic carbocycles. The van der Waals surface area contributed by atoms with Crippen molar-refractivity contribution in [3.8, 4) is 5.75 Å². The number of aromatic carboxylic acids is 1. The lowest BCUT2D eigenvalue weighted by molar-refractivity contribution is -0.00180. The van der Waals surface area contributed by atoms with E-state index >= 15 is 0 Å². The van der Waals surface area contributed by atoms with Crippen LogP contribution in [0.15, 0.2) is 36.4 Å². The Morgan fingerprint density at radius 3 is 2.73 bits per heavy atom. The van der Waals surface area contributed by atoms with Crippen molar-refractivity contribution in [1.29, 1.82) is 0 Å². The molecule has 4 aliphatic rings. The summed E-state index contributed by atoms with van der Waals surface area (Å²) in [6, 6.07) is 11.3. The number of aryl methyl sites for hydroxylation is 1. The predicted molar refractivity (Wildman–Crippen MR) is 158 cm³/mol. The number of fused-ring (bicyclic) bond motifs is 3. The molecule has 0 bridgehead atoms. The van der Waals surface area contributed by atoms with E-state index < -0.39 is 22.1 Å². The van der Waals surface area contributed by atoms with Gasteiger partial charge in [-0.05, 0) is 116 Å². The average molecular weight is 603 g/mol. The largest absolute Gasteiger partial charge is 0.490 e. The summed E-state index contributed by atoms with van der Waals surface area (Å²) in [6.07, 6.45) is 6.78. The molecule has 1 spiro atoms. The molecular weight excluding hydrogens is 564 g/mol. The number of sulfonamides is 1. The van der Waals surface area contributed by atoms with Crippen molar-refractivity contribution in [3.63, 3.8) is 0 Å². The normalized spacial score (nSPS) is 29.5. The van der Waals surface area contributed by atoms with E-state index in [1.165, 1.54) is 11.1 Å². The lowest BCUT2D eigenvalue weighted by Crippen LogP contribution is -2.50. The molecule has 222 valence electrons. The summed E-state index contributed by atoms with van der Waals surface area (Å²) in [5, 5.41) is 27.0. The maximum absolute atomic E-state index is 11.9. The zero-order valence-corrected chi connectivity index (χ0v) is 24.7. The molecule has 0 radical (unpaired) electrons. The summed E-state index contributed by atoms with van der Waals surface area (Å²) in [4.78, 5) is 14.2. The minimum absolute atomic E-state index is 0.00970. The van der Waals surface area contributed by atoms with Crippen LogP contribution in [0, 0.1) is 23.7 Å². The highest BCUT2D eigenvalue weighted by Gasteiger charge is 2.50. The van der Waals surface area contributed by atoms with Crippen molar-refractivity contribution in [2.45, 2.75) is 62.9 Å². The molecule has 10 heteroatoms. The van der Waals surface area contributed by atoms with E-state index in [9.17, 15) is 23.4 Å². The van der Waals surface area contributed by atoms with Gasteiger partial charge < -0.3 is 19.8 Å². The van der Waals surface area contributed by atoms with Gasteiger partial charge in [0.1, 0.15) is 5.75 Å². The van der Waals surface area contributed by atoms with Crippen LogP contribution in [0.1, 0.15) is 66.4 Å². The van der Waals surface area contributed by atoms with Crippen molar-refractivity contribution in [1.82, 2.24) is 0 Å². The molecule has 2 saturated carbocycles. The molecule has 41 heavy (non-hydrogen) atoms. The fourth-order valence-corrected chi connectivity index (χ4v) is 8.45. The molecular formula is C31H39ClN2O6S. The molecule has 2 aromatic rings. The molecule has 0 amide bonds. The molecule has 0 unspecified atom stereocenters. The highest BCUT2D eigenvalue weighted by Crippen LogP contribution is 2.52. The second-order valence-electron chi connectivity index (χ2n) is 12.8. The average Bonchev–Trinajstić information content (AvgIpc) is 3.69. The van der Waals surface area contributed by atoms with Gasteiger partial charge in [0.25, 0.3) is 0 Å². The lowest BCUT2D eigenvalue weighted by Gasteiger charge is -2.46. The van der Waals surface area contributed by atoms with Gasteiger partial charge in [0.15, 0.2) is 0 Å². The number of aliphatic hydroxyl groups excluding tert-OH is 1. The van der Waals surface area contributed by atoms with Crippen LogP contribution in [0.2, 0.25) is 5.02 Å². The van der Waals surface area contributed by atoms with Gasteiger partial charge in [-0.3, -0.25) is 0 Å². The fourth-order valence-electron chi connectivity index (χ4n) is 7.69. The molecule has 8 nitrogen and oxygen atoms in total. The number of rotatable bonds is 9. The van der Waals surface area contributed by atoms with E-state index in [0.29, 0.717) is 37.8 Å². The maximum Gasteiger partial charge on any atom is 0.335 e. The zero-order chi connectivity index (χ0) is 28.9. The number of halogens is 1. The first-order valence-electron chi connectivity index (χ1n) is 14.8. The molecule has 6 rings (SSSR count). The number of carboxylic acid groups (broad SMARTS) is 1. The van der Waals surface area contributed by atoms with Crippen LogP contribution in [-0.2, 0) is 21.9 Å². The second-order valence-corrected chi connectivity index (χ2v) is 14.9. The van der Waals surface area contributed by atoms with Crippen molar-refractivity contribution in [2.75, 3.05) is 30.3 Å². The van der Waals surface area contributed by atoms with E-state index in [1.54, 1.807) is 18.2 Å². The second kappa shape index (κ2) is 11.1. The number of carboxylic acids is 1. The van der Waals surface area contributed by atoms with Gasteiger partial charge in [-0.25, -0.2) is 18.4 Å². The molecule has 0 aromatic heterocycles. The standard InChI is InChI=1S/C31H39ClN2O6S/c32-23-7-9-26-20(13-23)3-1-11-31(26)17-34(27-15-21(30(36)37)6-10-28(27)40-18-31)16-22-5-8-24(22)29(35)25-14-19(25)4-2-12-41(33,38)39/h6-7,9-10,13,15,19,22,24-25,29,35H,1-5,8,11-12,14,16-18H2,(H,36,37)(H2,33,38,39)/t19-,22-,24+,25-,29+,31-/m0/s1. The van der Waals surface area contributed by atoms with Gasteiger partial charge in [-0.15, -0.1) is 0 Å². The topological polar surface area (TPSA) is 130 Å². The summed E-state index contributed by atoms with van der Waals surface area (Å²) in [6.45, 7) is 1.93. The molecule has 4 N–H and O–H groups in total.